The molecule has 1 amide bonds. The fourth-order valence-electron chi connectivity index (χ4n) is 3.15. The van der Waals surface area contributed by atoms with Crippen LogP contribution in [0.4, 0.5) is 4.39 Å². The minimum atomic E-state index is -0.508. The Morgan fingerprint density at radius 2 is 2.20 bits per heavy atom. The number of halogens is 1. The number of carbonyl (C=O) groups excluding carboxylic acids is 1. The minimum Gasteiger partial charge on any atom is -0.472 e. The zero-order valence-electron chi connectivity index (χ0n) is 15.9. The van der Waals surface area contributed by atoms with E-state index in [4.69, 9.17) is 15.9 Å². The van der Waals surface area contributed by atoms with Crippen LogP contribution >= 0.6 is 0 Å². The maximum absolute atomic E-state index is 13.6. The Morgan fingerprint density at radius 3 is 3.00 bits per heavy atom. The molecule has 2 aromatic heterocycles. The molecule has 1 saturated heterocycles. The Balaban J connectivity index is 1.58. The van der Waals surface area contributed by atoms with Crippen LogP contribution in [0.3, 0.4) is 0 Å². The van der Waals surface area contributed by atoms with Crippen molar-refractivity contribution in [3.05, 3.63) is 60.7 Å². The first-order chi connectivity index (χ1) is 14.6. The van der Waals surface area contributed by atoms with Crippen molar-refractivity contribution in [2.24, 2.45) is 0 Å². The number of hydrogen-bond acceptors (Lipinski definition) is 6. The number of likely N-dealkylation sites (tertiary alicyclic amines) is 1. The lowest BCUT2D eigenvalue weighted by Gasteiger charge is -2.15. The molecule has 1 atom stereocenters. The van der Waals surface area contributed by atoms with E-state index in [1.54, 1.807) is 17.0 Å². The van der Waals surface area contributed by atoms with E-state index in [-0.39, 0.29) is 23.5 Å². The van der Waals surface area contributed by atoms with Gasteiger partial charge in [-0.25, -0.2) is 14.4 Å². The highest BCUT2D eigenvalue weighted by Gasteiger charge is 2.26. The first-order valence-electron chi connectivity index (χ1n) is 9.21. The predicted molar refractivity (Wildman–Crippen MR) is 108 cm³/mol. The number of rotatable bonds is 5. The molecule has 1 aliphatic rings. The third-order valence-electron chi connectivity index (χ3n) is 4.65. The van der Waals surface area contributed by atoms with Gasteiger partial charge in [-0.2, -0.15) is 4.98 Å². The lowest BCUT2D eigenvalue weighted by Crippen LogP contribution is -2.29. The smallest absolute Gasteiger partial charge is 0.249 e. The Kier molecular flexibility index (Phi) is 5.26. The molecular weight excluding hydrogens is 387 g/mol. The summed E-state index contributed by atoms with van der Waals surface area (Å²) in [5, 5.41) is 0. The van der Waals surface area contributed by atoms with E-state index < -0.39 is 5.82 Å². The van der Waals surface area contributed by atoms with Crippen LogP contribution in [0.1, 0.15) is 12.0 Å². The average Bonchev–Trinajstić information content (AvgIpc) is 3.23. The molecule has 1 aliphatic heterocycles. The Labute approximate surface area is 172 Å². The van der Waals surface area contributed by atoms with Gasteiger partial charge in [0.1, 0.15) is 24.0 Å². The maximum atomic E-state index is 13.6. The van der Waals surface area contributed by atoms with E-state index in [1.807, 2.05) is 0 Å². The fourth-order valence-corrected chi connectivity index (χ4v) is 3.15. The van der Waals surface area contributed by atoms with E-state index in [2.05, 4.69) is 27.5 Å². The van der Waals surface area contributed by atoms with Crippen molar-refractivity contribution in [2.75, 3.05) is 13.1 Å². The minimum absolute atomic E-state index is 0.0858. The van der Waals surface area contributed by atoms with Gasteiger partial charge in [0.05, 0.1) is 17.6 Å². The number of carbonyl (C=O) groups is 1. The monoisotopic (exact) mass is 404 g/mol. The van der Waals surface area contributed by atoms with Gasteiger partial charge in [-0.05, 0) is 30.3 Å². The van der Waals surface area contributed by atoms with Gasteiger partial charge in [0.15, 0.2) is 5.52 Å². The summed E-state index contributed by atoms with van der Waals surface area (Å²) in [6.07, 6.45) is 8.46. The topological polar surface area (TPSA) is 77.4 Å². The number of pyridine rings is 1. The van der Waals surface area contributed by atoms with Crippen LogP contribution in [0.15, 0.2) is 49.3 Å². The number of ether oxygens (including phenoxy) is 2. The third kappa shape index (κ3) is 3.91. The standard InChI is InChI=1S/C22H17FN4O3/c1-3-14-11-15(5-6-17(14)23)30-22-21-18(24-13-25-22)7-8-19(26-21)29-16-9-10-27(12-16)20(28)4-2/h1,4-8,11,13,16H,2,9-10,12H2/t16-/m0/s1. The second-order valence-corrected chi connectivity index (χ2v) is 6.60. The van der Waals surface area contributed by atoms with Gasteiger partial charge in [0.25, 0.3) is 0 Å². The molecule has 0 radical (unpaired) electrons. The van der Waals surface area contributed by atoms with Crippen LogP contribution < -0.4 is 9.47 Å². The molecule has 0 aliphatic carbocycles. The summed E-state index contributed by atoms with van der Waals surface area (Å²) in [6.45, 7) is 4.57. The Morgan fingerprint density at radius 1 is 1.33 bits per heavy atom. The van der Waals surface area contributed by atoms with Crippen LogP contribution in [0, 0.1) is 18.2 Å². The Hall–Kier alpha value is -3.99. The summed E-state index contributed by atoms with van der Waals surface area (Å²) >= 11 is 0. The molecule has 1 aromatic carbocycles. The molecule has 0 bridgehead atoms. The largest absolute Gasteiger partial charge is 0.472 e. The van der Waals surface area contributed by atoms with Crippen LogP contribution in [0.5, 0.6) is 17.5 Å². The van der Waals surface area contributed by atoms with Gasteiger partial charge in [-0.3, -0.25) is 4.79 Å². The zero-order valence-corrected chi connectivity index (χ0v) is 15.9. The van der Waals surface area contributed by atoms with Crippen molar-refractivity contribution in [3.8, 4) is 29.9 Å². The highest BCUT2D eigenvalue weighted by molar-refractivity contribution is 5.87. The van der Waals surface area contributed by atoms with E-state index >= 15 is 0 Å². The number of benzene rings is 1. The van der Waals surface area contributed by atoms with Crippen molar-refractivity contribution in [1.29, 1.82) is 0 Å². The zero-order chi connectivity index (χ0) is 21.1. The molecule has 0 N–H and O–H groups in total. The fraction of sp³-hybridized carbons (Fsp3) is 0.182. The molecule has 3 aromatic rings. The molecule has 1 fully saturated rings. The molecule has 8 heteroatoms. The second kappa shape index (κ2) is 8.17. The van der Waals surface area contributed by atoms with E-state index in [1.165, 1.54) is 30.6 Å². The third-order valence-corrected chi connectivity index (χ3v) is 4.65. The summed E-state index contributed by atoms with van der Waals surface area (Å²) in [7, 11) is 0. The van der Waals surface area contributed by atoms with Crippen LogP contribution in [-0.4, -0.2) is 45.0 Å². The molecular formula is C22H17FN4O3. The molecule has 3 heterocycles. The van der Waals surface area contributed by atoms with Crippen LogP contribution in [0.2, 0.25) is 0 Å². The molecule has 150 valence electrons. The average molecular weight is 404 g/mol. The van der Waals surface area contributed by atoms with E-state index in [0.29, 0.717) is 42.2 Å². The van der Waals surface area contributed by atoms with E-state index in [9.17, 15) is 9.18 Å². The quantitative estimate of drug-likeness (QED) is 0.480. The second-order valence-electron chi connectivity index (χ2n) is 6.60. The van der Waals surface area contributed by atoms with Gasteiger partial charge in [-0.15, -0.1) is 6.42 Å². The van der Waals surface area contributed by atoms with Crippen molar-refractivity contribution < 1.29 is 18.7 Å². The summed E-state index contributed by atoms with van der Waals surface area (Å²) in [4.78, 5) is 26.2. The van der Waals surface area contributed by atoms with Crippen molar-refractivity contribution >= 4 is 16.9 Å². The molecule has 0 unspecified atom stereocenters. The first-order valence-corrected chi connectivity index (χ1v) is 9.21. The SMILES string of the molecule is C#Cc1cc(Oc2ncnc3ccc(O[C@H]4CCN(C(=O)C=C)C4)nc23)ccc1F. The summed E-state index contributed by atoms with van der Waals surface area (Å²) in [5.74, 6) is 2.52. The van der Waals surface area contributed by atoms with Gasteiger partial charge in [-0.1, -0.05) is 12.5 Å². The van der Waals surface area contributed by atoms with Crippen LogP contribution in [-0.2, 0) is 4.79 Å². The summed E-state index contributed by atoms with van der Waals surface area (Å²) < 4.78 is 25.3. The molecule has 30 heavy (non-hydrogen) atoms. The van der Waals surface area contributed by atoms with Gasteiger partial charge in [0.2, 0.25) is 17.7 Å². The maximum Gasteiger partial charge on any atom is 0.249 e. The summed E-state index contributed by atoms with van der Waals surface area (Å²) in [6, 6.07) is 7.53. The van der Waals surface area contributed by atoms with Crippen molar-refractivity contribution in [3.63, 3.8) is 0 Å². The lowest BCUT2D eigenvalue weighted by molar-refractivity contribution is -0.125. The van der Waals surface area contributed by atoms with Crippen LogP contribution in [0.25, 0.3) is 11.0 Å². The number of nitrogens with zero attached hydrogens (tertiary/aromatic N) is 4. The number of hydrogen-bond donors (Lipinski definition) is 0. The molecule has 7 nitrogen and oxygen atoms in total. The highest BCUT2D eigenvalue weighted by Crippen LogP contribution is 2.28. The number of fused-ring (bicyclic) bond motifs is 1. The van der Waals surface area contributed by atoms with Gasteiger partial charge < -0.3 is 14.4 Å². The lowest BCUT2D eigenvalue weighted by atomic mass is 10.2. The van der Waals surface area contributed by atoms with Crippen molar-refractivity contribution in [2.45, 2.75) is 12.5 Å². The Bertz CT molecular complexity index is 1170. The number of amides is 1. The highest BCUT2D eigenvalue weighted by atomic mass is 19.1. The number of terminal acetylenes is 1. The normalized spacial score (nSPS) is 15.6. The predicted octanol–water partition coefficient (Wildman–Crippen LogP) is 3.10. The molecule has 4 rings (SSSR count). The van der Waals surface area contributed by atoms with Gasteiger partial charge in [0, 0.05) is 19.0 Å². The van der Waals surface area contributed by atoms with Gasteiger partial charge >= 0.3 is 0 Å². The molecule has 0 saturated carbocycles. The molecule has 0 spiro atoms. The first kappa shape index (κ1) is 19.3. The summed E-state index contributed by atoms with van der Waals surface area (Å²) in [5.41, 5.74) is 1.03. The van der Waals surface area contributed by atoms with Crippen molar-refractivity contribution in [1.82, 2.24) is 19.9 Å². The van der Waals surface area contributed by atoms with E-state index in [0.717, 1.165) is 0 Å². The number of aromatic nitrogens is 3.